The molecule has 1 aromatic heterocycles. The molecule has 0 spiro atoms. The van der Waals surface area contributed by atoms with E-state index in [9.17, 15) is 13.5 Å². The fraction of sp³-hybridized carbons (Fsp3) is 0.469. The number of sulfone groups is 1. The van der Waals surface area contributed by atoms with E-state index in [0.29, 0.717) is 29.8 Å². The average molecular weight is 536 g/mol. The van der Waals surface area contributed by atoms with E-state index in [0.717, 1.165) is 42.5 Å². The summed E-state index contributed by atoms with van der Waals surface area (Å²) in [7, 11) is 0.318. The van der Waals surface area contributed by atoms with Gasteiger partial charge in [-0.1, -0.05) is 63.8 Å². The maximum atomic E-state index is 14.0. The van der Waals surface area contributed by atoms with E-state index < -0.39 is 27.3 Å². The van der Waals surface area contributed by atoms with Gasteiger partial charge in [0.05, 0.1) is 16.8 Å². The van der Waals surface area contributed by atoms with Crippen LogP contribution in [-0.4, -0.2) is 39.5 Å². The number of nitrogens with zero attached hydrogens (tertiary/aromatic N) is 2. The Balaban J connectivity index is 1.92. The largest absolute Gasteiger partial charge is 0.392 e. The number of aliphatic hydroxyl groups excluding tert-OH is 1. The number of unbranched alkanes of at least 4 members (excludes halogenated alkanes) is 2. The minimum atomic E-state index is -3.60. The van der Waals surface area contributed by atoms with E-state index in [1.807, 2.05) is 67.8 Å². The van der Waals surface area contributed by atoms with Crippen LogP contribution in [0.25, 0.3) is 0 Å². The highest BCUT2D eigenvalue weighted by atomic mass is 32.2. The van der Waals surface area contributed by atoms with Gasteiger partial charge in [0.2, 0.25) is 0 Å². The molecule has 3 aromatic rings. The van der Waals surface area contributed by atoms with Crippen molar-refractivity contribution in [3.63, 3.8) is 0 Å². The maximum absolute atomic E-state index is 14.0. The van der Waals surface area contributed by atoms with Crippen LogP contribution in [0, 0.1) is 5.41 Å². The second-order valence-electron chi connectivity index (χ2n) is 11.2. The number of aliphatic hydroxyl groups is 1. The van der Waals surface area contributed by atoms with Crippen molar-refractivity contribution in [2.45, 2.75) is 75.8 Å². The van der Waals surface area contributed by atoms with E-state index in [1.165, 1.54) is 0 Å². The van der Waals surface area contributed by atoms with E-state index >= 15 is 0 Å². The van der Waals surface area contributed by atoms with Gasteiger partial charge in [-0.3, -0.25) is 0 Å². The van der Waals surface area contributed by atoms with Crippen molar-refractivity contribution in [1.29, 1.82) is 0 Å². The summed E-state index contributed by atoms with van der Waals surface area (Å²) in [5, 5.41) is 12.4. The molecule has 2 aromatic carbocycles. The van der Waals surface area contributed by atoms with Gasteiger partial charge in [0, 0.05) is 48.8 Å². The number of rotatable bonds is 10. The van der Waals surface area contributed by atoms with E-state index in [4.69, 9.17) is 0 Å². The Morgan fingerprint density at radius 1 is 0.947 bits per heavy atom. The molecular weight excluding hydrogens is 492 g/mol. The highest BCUT2D eigenvalue weighted by molar-refractivity contribution is 7.91. The Labute approximate surface area is 229 Å². The zero-order valence-electron chi connectivity index (χ0n) is 23.3. The van der Waals surface area contributed by atoms with Crippen LogP contribution in [0.1, 0.15) is 75.0 Å². The first kappa shape index (κ1) is 28.3. The topological polar surface area (TPSA) is 61.5 Å². The molecule has 0 radical (unpaired) electrons. The van der Waals surface area contributed by atoms with Gasteiger partial charge in [-0.05, 0) is 48.2 Å². The molecule has 0 aliphatic carbocycles. The molecule has 2 atom stereocenters. The maximum Gasteiger partial charge on any atom is 0.179 e. The van der Waals surface area contributed by atoms with Crippen LogP contribution in [0.4, 0.5) is 5.69 Å². The first-order valence-corrected chi connectivity index (χ1v) is 15.6. The van der Waals surface area contributed by atoms with Crippen molar-refractivity contribution in [2.24, 2.45) is 5.41 Å². The third-order valence-corrected chi connectivity index (χ3v) is 10.1. The standard InChI is InChI=1S/C32H43N2O3S/c1-5-7-17-32(18-8-6-2)24-38(36,37)29-16-15-27(33(3)4)22-28(29)30(31(32)35)26-14-12-13-25(21-26)23-34-19-10-9-11-20-34/h9-16,19-22,30-31,35H,5-8,17-18,23-24H2,1-4H3/q+1/t30-,31?/m1/s1. The van der Waals surface area contributed by atoms with Gasteiger partial charge in [-0.15, -0.1) is 0 Å². The SMILES string of the molecule is CCCCC1(CCCC)CS(=O)(=O)c2ccc(N(C)C)cc2[C@@H](c2cccc(C[n+]3ccccc3)c2)C1O. The molecule has 1 aliphatic rings. The van der Waals surface area contributed by atoms with E-state index in [2.05, 4.69) is 36.6 Å². The molecule has 1 aliphatic heterocycles. The van der Waals surface area contributed by atoms with Crippen LogP contribution in [0.2, 0.25) is 0 Å². The fourth-order valence-electron chi connectivity index (χ4n) is 6.03. The number of aromatic nitrogens is 1. The normalized spacial score (nSPS) is 19.9. The number of hydrogen-bond acceptors (Lipinski definition) is 4. The summed E-state index contributed by atoms with van der Waals surface area (Å²) in [6, 6.07) is 20.0. The summed E-state index contributed by atoms with van der Waals surface area (Å²) >= 11 is 0. The van der Waals surface area contributed by atoms with Gasteiger partial charge in [-0.2, -0.15) is 0 Å². The lowest BCUT2D eigenvalue weighted by atomic mass is 9.68. The number of pyridine rings is 1. The summed E-state index contributed by atoms with van der Waals surface area (Å²) in [6.45, 7) is 4.97. The lowest BCUT2D eigenvalue weighted by Crippen LogP contribution is -2.43. The van der Waals surface area contributed by atoms with Crippen molar-refractivity contribution < 1.29 is 18.1 Å². The first-order valence-electron chi connectivity index (χ1n) is 14.0. The van der Waals surface area contributed by atoms with Gasteiger partial charge in [0.1, 0.15) is 0 Å². The summed E-state index contributed by atoms with van der Waals surface area (Å²) in [6.07, 6.45) is 8.40. The molecule has 204 valence electrons. The Morgan fingerprint density at radius 3 is 2.26 bits per heavy atom. The highest BCUT2D eigenvalue weighted by Crippen LogP contribution is 2.50. The predicted octanol–water partition coefficient (Wildman–Crippen LogP) is 5.74. The Kier molecular flexibility index (Phi) is 8.94. The predicted molar refractivity (Wildman–Crippen MR) is 154 cm³/mol. The number of benzene rings is 2. The van der Waals surface area contributed by atoms with Gasteiger partial charge in [0.15, 0.2) is 28.8 Å². The third kappa shape index (κ3) is 5.97. The van der Waals surface area contributed by atoms with Crippen molar-refractivity contribution in [2.75, 3.05) is 24.7 Å². The van der Waals surface area contributed by atoms with Crippen molar-refractivity contribution in [1.82, 2.24) is 0 Å². The Morgan fingerprint density at radius 2 is 1.63 bits per heavy atom. The molecule has 2 heterocycles. The van der Waals surface area contributed by atoms with Gasteiger partial charge in [0.25, 0.3) is 0 Å². The number of anilines is 1. The summed E-state index contributed by atoms with van der Waals surface area (Å²) < 4.78 is 30.2. The van der Waals surface area contributed by atoms with Crippen LogP contribution in [0.5, 0.6) is 0 Å². The molecule has 0 saturated heterocycles. The van der Waals surface area contributed by atoms with Crippen molar-refractivity contribution >= 4 is 15.5 Å². The molecule has 0 saturated carbocycles. The van der Waals surface area contributed by atoms with E-state index in [1.54, 1.807) is 6.07 Å². The van der Waals surface area contributed by atoms with Crippen LogP contribution in [0.15, 0.2) is 78.0 Å². The van der Waals surface area contributed by atoms with Gasteiger partial charge >= 0.3 is 0 Å². The molecule has 0 fully saturated rings. The number of hydrogen-bond donors (Lipinski definition) is 1. The lowest BCUT2D eigenvalue weighted by Gasteiger charge is -2.40. The lowest BCUT2D eigenvalue weighted by molar-refractivity contribution is -0.688. The molecule has 0 amide bonds. The van der Waals surface area contributed by atoms with Crippen LogP contribution in [0.3, 0.4) is 0 Å². The highest BCUT2D eigenvalue weighted by Gasteiger charge is 2.49. The molecule has 4 rings (SSSR count). The monoisotopic (exact) mass is 535 g/mol. The average Bonchev–Trinajstić information content (AvgIpc) is 2.97. The second kappa shape index (κ2) is 12.0. The number of fused-ring (bicyclic) bond motifs is 1. The van der Waals surface area contributed by atoms with Crippen LogP contribution < -0.4 is 9.47 Å². The minimum Gasteiger partial charge on any atom is -0.392 e. The van der Waals surface area contributed by atoms with E-state index in [-0.39, 0.29) is 5.75 Å². The Hall–Kier alpha value is -2.70. The van der Waals surface area contributed by atoms with Crippen molar-refractivity contribution in [3.05, 3.63) is 89.7 Å². The second-order valence-corrected chi connectivity index (χ2v) is 13.1. The van der Waals surface area contributed by atoms with Crippen LogP contribution in [-0.2, 0) is 16.4 Å². The van der Waals surface area contributed by atoms with Gasteiger partial charge in [-0.25, -0.2) is 13.0 Å². The fourth-order valence-corrected chi connectivity index (χ4v) is 8.22. The summed E-state index contributed by atoms with van der Waals surface area (Å²) in [5.41, 5.74) is 3.04. The molecule has 1 N–H and O–H groups in total. The van der Waals surface area contributed by atoms with Crippen molar-refractivity contribution in [3.8, 4) is 0 Å². The van der Waals surface area contributed by atoms with Gasteiger partial charge < -0.3 is 10.0 Å². The summed E-state index contributed by atoms with van der Waals surface area (Å²) in [5.74, 6) is -0.442. The molecule has 1 unspecified atom stereocenters. The summed E-state index contributed by atoms with van der Waals surface area (Å²) in [4.78, 5) is 2.36. The quantitative estimate of drug-likeness (QED) is 0.337. The smallest absolute Gasteiger partial charge is 0.179 e. The molecule has 6 heteroatoms. The molecular formula is C32H43N2O3S+. The zero-order chi connectivity index (χ0) is 27.3. The Bertz CT molecular complexity index is 1310. The third-order valence-electron chi connectivity index (χ3n) is 8.11. The molecule has 38 heavy (non-hydrogen) atoms. The molecule has 5 nitrogen and oxygen atoms in total. The first-order chi connectivity index (χ1) is 18.2. The zero-order valence-corrected chi connectivity index (χ0v) is 24.1. The minimum absolute atomic E-state index is 0.00840. The van der Waals surface area contributed by atoms with Crippen LogP contribution >= 0.6 is 0 Å². The molecule has 0 bridgehead atoms.